The van der Waals surface area contributed by atoms with Gasteiger partial charge < -0.3 is 0 Å². The molecule has 2 nitrogen and oxygen atoms in total. The number of rotatable bonds is 4. The molecule has 0 fully saturated rings. The molecule has 2 rings (SSSR count). The Kier molecular flexibility index (Phi) is 4.25. The van der Waals surface area contributed by atoms with Crippen LogP contribution in [0.25, 0.3) is 0 Å². The van der Waals surface area contributed by atoms with Crippen molar-refractivity contribution in [3.63, 3.8) is 0 Å². The largest absolute Gasteiger partial charge is 0.268 e. The molecular formula is C13H13Cl2FN2. The highest BCUT2D eigenvalue weighted by molar-refractivity contribution is 6.31. The standard InChI is InChI=1S/C13H13Cl2FN2/c1-2-12(14)10-6-17-18(8-10)7-9-5-11(16)3-4-13(9)15/h3-6,8,12H,2,7H2,1H3. The first kappa shape index (κ1) is 13.4. The molecule has 96 valence electrons. The fourth-order valence-corrected chi connectivity index (χ4v) is 1.99. The van der Waals surface area contributed by atoms with Crippen LogP contribution < -0.4 is 0 Å². The average Bonchev–Trinajstić information content (AvgIpc) is 2.81. The summed E-state index contributed by atoms with van der Waals surface area (Å²) in [6, 6.07) is 4.31. The molecular weight excluding hydrogens is 274 g/mol. The molecule has 0 aliphatic carbocycles. The molecule has 1 heterocycles. The van der Waals surface area contributed by atoms with Crippen molar-refractivity contribution in [2.75, 3.05) is 0 Å². The van der Waals surface area contributed by atoms with Crippen LogP contribution in [-0.4, -0.2) is 9.78 Å². The molecule has 5 heteroatoms. The van der Waals surface area contributed by atoms with E-state index in [1.54, 1.807) is 16.9 Å². The monoisotopic (exact) mass is 286 g/mol. The normalized spacial score (nSPS) is 12.7. The van der Waals surface area contributed by atoms with E-state index in [0.29, 0.717) is 17.1 Å². The van der Waals surface area contributed by atoms with Crippen LogP contribution in [-0.2, 0) is 6.54 Å². The van der Waals surface area contributed by atoms with Crippen molar-refractivity contribution in [2.45, 2.75) is 25.3 Å². The second-order valence-electron chi connectivity index (χ2n) is 4.08. The van der Waals surface area contributed by atoms with E-state index in [4.69, 9.17) is 23.2 Å². The average molecular weight is 287 g/mol. The fraction of sp³-hybridized carbons (Fsp3) is 0.308. The Bertz CT molecular complexity index is 540. The first-order chi connectivity index (χ1) is 8.60. The zero-order valence-electron chi connectivity index (χ0n) is 9.91. The zero-order valence-corrected chi connectivity index (χ0v) is 11.4. The van der Waals surface area contributed by atoms with Gasteiger partial charge in [0.25, 0.3) is 0 Å². The Morgan fingerprint density at radius 1 is 1.44 bits per heavy atom. The molecule has 0 aliphatic heterocycles. The number of nitrogens with zero attached hydrogens (tertiary/aromatic N) is 2. The maximum absolute atomic E-state index is 13.1. The predicted molar refractivity (Wildman–Crippen MR) is 71.6 cm³/mol. The van der Waals surface area contributed by atoms with Gasteiger partial charge in [-0.15, -0.1) is 11.6 Å². The minimum Gasteiger partial charge on any atom is -0.268 e. The summed E-state index contributed by atoms with van der Waals surface area (Å²) in [5.74, 6) is -0.300. The van der Waals surface area contributed by atoms with E-state index in [1.807, 2.05) is 13.1 Å². The number of benzene rings is 1. The lowest BCUT2D eigenvalue weighted by Crippen LogP contribution is -2.01. The van der Waals surface area contributed by atoms with E-state index in [1.165, 1.54) is 12.1 Å². The maximum Gasteiger partial charge on any atom is 0.123 e. The van der Waals surface area contributed by atoms with E-state index in [-0.39, 0.29) is 11.2 Å². The molecule has 1 unspecified atom stereocenters. The summed E-state index contributed by atoms with van der Waals surface area (Å²) in [5.41, 5.74) is 1.67. The molecule has 0 saturated carbocycles. The number of alkyl halides is 1. The Morgan fingerprint density at radius 2 is 2.22 bits per heavy atom. The van der Waals surface area contributed by atoms with Crippen molar-refractivity contribution in [3.8, 4) is 0 Å². The van der Waals surface area contributed by atoms with Crippen molar-refractivity contribution >= 4 is 23.2 Å². The lowest BCUT2D eigenvalue weighted by atomic mass is 10.2. The van der Waals surface area contributed by atoms with Crippen LogP contribution in [0.1, 0.15) is 29.8 Å². The summed E-state index contributed by atoms with van der Waals surface area (Å²) < 4.78 is 14.8. The molecule has 0 aliphatic rings. The smallest absolute Gasteiger partial charge is 0.123 e. The van der Waals surface area contributed by atoms with Gasteiger partial charge in [0.1, 0.15) is 5.82 Å². The van der Waals surface area contributed by atoms with Gasteiger partial charge in [0, 0.05) is 16.8 Å². The third-order valence-electron chi connectivity index (χ3n) is 2.71. The van der Waals surface area contributed by atoms with Crippen molar-refractivity contribution in [2.24, 2.45) is 0 Å². The quantitative estimate of drug-likeness (QED) is 0.761. The molecule has 0 N–H and O–H groups in total. The molecule has 1 aromatic carbocycles. The summed E-state index contributed by atoms with van der Waals surface area (Å²) in [6.45, 7) is 2.45. The Balaban J connectivity index is 2.18. The molecule has 1 atom stereocenters. The highest BCUT2D eigenvalue weighted by atomic mass is 35.5. The van der Waals surface area contributed by atoms with Crippen molar-refractivity contribution in [1.29, 1.82) is 0 Å². The van der Waals surface area contributed by atoms with E-state index >= 15 is 0 Å². The van der Waals surface area contributed by atoms with Gasteiger partial charge in [-0.05, 0) is 30.2 Å². The van der Waals surface area contributed by atoms with Crippen molar-refractivity contribution in [1.82, 2.24) is 9.78 Å². The summed E-state index contributed by atoms with van der Waals surface area (Å²) in [4.78, 5) is 0. The minimum absolute atomic E-state index is 0.0401. The first-order valence-electron chi connectivity index (χ1n) is 5.70. The van der Waals surface area contributed by atoms with Crippen molar-refractivity contribution in [3.05, 3.63) is 52.6 Å². The van der Waals surface area contributed by atoms with Gasteiger partial charge in [-0.2, -0.15) is 5.10 Å². The number of hydrogen-bond donors (Lipinski definition) is 0. The number of aromatic nitrogens is 2. The second-order valence-corrected chi connectivity index (χ2v) is 5.02. The fourth-order valence-electron chi connectivity index (χ4n) is 1.70. The van der Waals surface area contributed by atoms with Crippen LogP contribution in [0.15, 0.2) is 30.6 Å². The molecule has 2 aromatic rings. The molecule has 0 radical (unpaired) electrons. The van der Waals surface area contributed by atoms with E-state index in [9.17, 15) is 4.39 Å². The molecule has 0 saturated heterocycles. The van der Waals surface area contributed by atoms with Gasteiger partial charge in [-0.1, -0.05) is 18.5 Å². The number of halogens is 3. The molecule has 0 amide bonds. The number of hydrogen-bond acceptors (Lipinski definition) is 1. The lowest BCUT2D eigenvalue weighted by molar-refractivity contribution is 0.619. The summed E-state index contributed by atoms with van der Waals surface area (Å²) in [6.07, 6.45) is 4.44. The highest BCUT2D eigenvalue weighted by Crippen LogP contribution is 2.24. The molecule has 0 spiro atoms. The first-order valence-corrected chi connectivity index (χ1v) is 6.52. The van der Waals surface area contributed by atoms with Gasteiger partial charge in [0.15, 0.2) is 0 Å². The topological polar surface area (TPSA) is 17.8 Å². The predicted octanol–water partition coefficient (Wildman–Crippen LogP) is 4.41. The van der Waals surface area contributed by atoms with Crippen LogP contribution >= 0.6 is 23.2 Å². The zero-order chi connectivity index (χ0) is 13.1. The third-order valence-corrected chi connectivity index (χ3v) is 3.64. The van der Waals surface area contributed by atoms with Crippen LogP contribution in [0.3, 0.4) is 0 Å². The summed E-state index contributed by atoms with van der Waals surface area (Å²) >= 11 is 12.1. The SMILES string of the molecule is CCC(Cl)c1cnn(Cc2cc(F)ccc2Cl)c1. The molecule has 1 aromatic heterocycles. The van der Waals surface area contributed by atoms with Crippen LogP contribution in [0.4, 0.5) is 4.39 Å². The Labute approximate surface area is 115 Å². The highest BCUT2D eigenvalue weighted by Gasteiger charge is 2.09. The van der Waals surface area contributed by atoms with Gasteiger partial charge in [0.05, 0.1) is 18.1 Å². The lowest BCUT2D eigenvalue weighted by Gasteiger charge is -2.05. The van der Waals surface area contributed by atoms with Gasteiger partial charge in [0.2, 0.25) is 0 Å². The van der Waals surface area contributed by atoms with Crippen LogP contribution in [0.2, 0.25) is 5.02 Å². The molecule has 18 heavy (non-hydrogen) atoms. The van der Waals surface area contributed by atoms with E-state index in [2.05, 4.69) is 5.10 Å². The van der Waals surface area contributed by atoms with Crippen LogP contribution in [0, 0.1) is 5.82 Å². The van der Waals surface area contributed by atoms with Crippen molar-refractivity contribution < 1.29 is 4.39 Å². The van der Waals surface area contributed by atoms with E-state index in [0.717, 1.165) is 12.0 Å². The summed E-state index contributed by atoms with van der Waals surface area (Å²) in [5, 5.41) is 4.70. The maximum atomic E-state index is 13.1. The second kappa shape index (κ2) is 5.72. The third kappa shape index (κ3) is 3.03. The summed E-state index contributed by atoms with van der Waals surface area (Å²) in [7, 11) is 0. The van der Waals surface area contributed by atoms with E-state index < -0.39 is 0 Å². The Hall–Kier alpha value is -1.06. The van der Waals surface area contributed by atoms with Gasteiger partial charge in [-0.3, -0.25) is 4.68 Å². The minimum atomic E-state index is -0.300. The Morgan fingerprint density at radius 3 is 2.94 bits per heavy atom. The van der Waals surface area contributed by atoms with Crippen LogP contribution in [0.5, 0.6) is 0 Å². The van der Waals surface area contributed by atoms with Gasteiger partial charge in [-0.25, -0.2) is 4.39 Å². The van der Waals surface area contributed by atoms with Gasteiger partial charge >= 0.3 is 0 Å². The molecule has 0 bridgehead atoms.